The third kappa shape index (κ3) is 2.77. The number of nitrogens with one attached hydrogen (secondary N) is 1. The molecule has 0 aliphatic heterocycles. The van der Waals surface area contributed by atoms with Crippen molar-refractivity contribution in [3.8, 4) is 0 Å². The molecule has 94 valence electrons. The quantitative estimate of drug-likeness (QED) is 0.677. The zero-order chi connectivity index (χ0) is 13.1. The van der Waals surface area contributed by atoms with E-state index in [0.717, 1.165) is 21.2 Å². The molecule has 2 rings (SSSR count). The van der Waals surface area contributed by atoms with Gasteiger partial charge in [0.2, 0.25) is 0 Å². The van der Waals surface area contributed by atoms with Crippen LogP contribution in [-0.2, 0) is 0 Å². The predicted octanol–water partition coefficient (Wildman–Crippen LogP) is 3.01. The monoisotopic (exact) mass is 305 g/mol. The van der Waals surface area contributed by atoms with Gasteiger partial charge < -0.3 is 0 Å². The average molecular weight is 306 g/mol. The van der Waals surface area contributed by atoms with Crippen molar-refractivity contribution in [2.24, 2.45) is 5.84 Å². The molecule has 18 heavy (non-hydrogen) atoms. The summed E-state index contributed by atoms with van der Waals surface area (Å²) in [5, 5.41) is 0. The molecule has 0 aliphatic rings. The summed E-state index contributed by atoms with van der Waals surface area (Å²) in [4.78, 5) is 4.21. The van der Waals surface area contributed by atoms with Crippen LogP contribution in [0.2, 0.25) is 0 Å². The van der Waals surface area contributed by atoms with Gasteiger partial charge in [0.1, 0.15) is 0 Å². The second kappa shape index (κ2) is 5.61. The normalized spacial score (nSPS) is 12.4. The summed E-state index contributed by atoms with van der Waals surface area (Å²) in [6, 6.07) is 8.26. The Labute approximate surface area is 116 Å². The maximum atomic E-state index is 5.70. The van der Waals surface area contributed by atoms with Crippen molar-refractivity contribution in [3.05, 3.63) is 63.4 Å². The van der Waals surface area contributed by atoms with Crippen LogP contribution in [0.15, 0.2) is 41.1 Å². The lowest BCUT2D eigenvalue weighted by Gasteiger charge is -2.18. The summed E-state index contributed by atoms with van der Waals surface area (Å²) in [5.41, 5.74) is 7.35. The van der Waals surface area contributed by atoms with Crippen molar-refractivity contribution in [2.45, 2.75) is 19.9 Å². The van der Waals surface area contributed by atoms with E-state index in [1.807, 2.05) is 19.3 Å². The van der Waals surface area contributed by atoms with E-state index in [2.05, 4.69) is 57.5 Å². The van der Waals surface area contributed by atoms with E-state index >= 15 is 0 Å². The molecule has 1 aromatic carbocycles. The fourth-order valence-electron chi connectivity index (χ4n) is 1.97. The number of benzene rings is 1. The zero-order valence-electron chi connectivity index (χ0n) is 10.4. The van der Waals surface area contributed by atoms with Crippen molar-refractivity contribution in [1.29, 1.82) is 0 Å². The summed E-state index contributed by atoms with van der Waals surface area (Å²) in [7, 11) is 0. The number of halogens is 1. The number of aromatic nitrogens is 1. The molecule has 0 radical (unpaired) electrons. The highest BCUT2D eigenvalue weighted by atomic mass is 79.9. The summed E-state index contributed by atoms with van der Waals surface area (Å²) in [5.74, 6) is 5.70. The van der Waals surface area contributed by atoms with Gasteiger partial charge in [-0.2, -0.15) is 0 Å². The second-order valence-corrected chi connectivity index (χ2v) is 5.27. The van der Waals surface area contributed by atoms with Crippen molar-refractivity contribution < 1.29 is 0 Å². The lowest BCUT2D eigenvalue weighted by molar-refractivity contribution is 0.632. The van der Waals surface area contributed by atoms with Crippen LogP contribution < -0.4 is 11.3 Å². The third-order valence-electron chi connectivity index (χ3n) is 2.86. The highest BCUT2D eigenvalue weighted by Gasteiger charge is 2.15. The van der Waals surface area contributed by atoms with Crippen LogP contribution >= 0.6 is 15.9 Å². The fraction of sp³-hybridized carbons (Fsp3) is 0.214. The SMILES string of the molecule is Cc1cncc(C(NN)c2ccc(C)cc2Br)c1. The van der Waals surface area contributed by atoms with Gasteiger partial charge in [0.05, 0.1) is 6.04 Å². The van der Waals surface area contributed by atoms with Crippen molar-refractivity contribution in [3.63, 3.8) is 0 Å². The van der Waals surface area contributed by atoms with Crippen molar-refractivity contribution >= 4 is 15.9 Å². The number of nitrogens with two attached hydrogens (primary N) is 1. The Kier molecular flexibility index (Phi) is 4.11. The maximum Gasteiger partial charge on any atom is 0.0735 e. The molecular formula is C14H16BrN3. The largest absolute Gasteiger partial charge is 0.271 e. The molecule has 0 saturated heterocycles. The zero-order valence-corrected chi connectivity index (χ0v) is 12.0. The molecular weight excluding hydrogens is 290 g/mol. The lowest BCUT2D eigenvalue weighted by Crippen LogP contribution is -2.29. The summed E-state index contributed by atoms with van der Waals surface area (Å²) < 4.78 is 1.05. The second-order valence-electron chi connectivity index (χ2n) is 4.42. The molecule has 0 saturated carbocycles. The number of aryl methyl sites for hydroxylation is 2. The van der Waals surface area contributed by atoms with Crippen LogP contribution in [0.1, 0.15) is 28.3 Å². The summed E-state index contributed by atoms with van der Waals surface area (Å²) in [6.07, 6.45) is 3.67. The Hall–Kier alpha value is -1.23. The number of pyridine rings is 1. The minimum atomic E-state index is -0.0626. The molecule has 0 bridgehead atoms. The van der Waals surface area contributed by atoms with E-state index in [4.69, 9.17) is 5.84 Å². The molecule has 3 nitrogen and oxygen atoms in total. The molecule has 0 amide bonds. The Morgan fingerprint density at radius 1 is 1.17 bits per heavy atom. The maximum absolute atomic E-state index is 5.70. The first-order valence-electron chi connectivity index (χ1n) is 5.75. The van der Waals surface area contributed by atoms with Gasteiger partial charge in [0.25, 0.3) is 0 Å². The number of nitrogens with zero attached hydrogens (tertiary/aromatic N) is 1. The van der Waals surface area contributed by atoms with Gasteiger partial charge in [0, 0.05) is 16.9 Å². The third-order valence-corrected chi connectivity index (χ3v) is 3.55. The van der Waals surface area contributed by atoms with Gasteiger partial charge >= 0.3 is 0 Å². The number of rotatable bonds is 3. The Morgan fingerprint density at radius 2 is 1.94 bits per heavy atom. The van der Waals surface area contributed by atoms with E-state index < -0.39 is 0 Å². The summed E-state index contributed by atoms with van der Waals surface area (Å²) >= 11 is 3.59. The smallest absolute Gasteiger partial charge is 0.0735 e. The minimum Gasteiger partial charge on any atom is -0.271 e. The van der Waals surface area contributed by atoms with Crippen LogP contribution in [0.4, 0.5) is 0 Å². The lowest BCUT2D eigenvalue weighted by atomic mass is 9.99. The van der Waals surface area contributed by atoms with E-state index in [1.54, 1.807) is 0 Å². The van der Waals surface area contributed by atoms with Gasteiger partial charge in [-0.1, -0.05) is 34.1 Å². The summed E-state index contributed by atoms with van der Waals surface area (Å²) in [6.45, 7) is 4.09. The highest BCUT2D eigenvalue weighted by molar-refractivity contribution is 9.10. The van der Waals surface area contributed by atoms with Crippen LogP contribution in [0.5, 0.6) is 0 Å². The van der Waals surface area contributed by atoms with Crippen LogP contribution in [0.25, 0.3) is 0 Å². The van der Waals surface area contributed by atoms with Gasteiger partial charge in [-0.25, -0.2) is 5.43 Å². The van der Waals surface area contributed by atoms with E-state index in [0.29, 0.717) is 0 Å². The Bertz CT molecular complexity index is 554. The van der Waals surface area contributed by atoms with Crippen LogP contribution in [0, 0.1) is 13.8 Å². The number of hydrogen-bond donors (Lipinski definition) is 2. The first kappa shape index (κ1) is 13.2. The standard InChI is InChI=1S/C14H16BrN3/c1-9-3-4-12(13(15)6-9)14(18-16)11-5-10(2)7-17-8-11/h3-8,14,18H,16H2,1-2H3. The molecule has 4 heteroatoms. The first-order valence-corrected chi connectivity index (χ1v) is 6.55. The highest BCUT2D eigenvalue weighted by Crippen LogP contribution is 2.28. The Balaban J connectivity index is 2.45. The van der Waals surface area contributed by atoms with E-state index in [1.165, 1.54) is 5.56 Å². The molecule has 0 fully saturated rings. The van der Waals surface area contributed by atoms with Gasteiger partial charge in [-0.3, -0.25) is 10.8 Å². The molecule has 1 heterocycles. The van der Waals surface area contributed by atoms with Crippen molar-refractivity contribution in [1.82, 2.24) is 10.4 Å². The minimum absolute atomic E-state index is 0.0626. The fourth-order valence-corrected chi connectivity index (χ4v) is 2.69. The van der Waals surface area contributed by atoms with Crippen LogP contribution in [-0.4, -0.2) is 4.98 Å². The molecule has 0 spiro atoms. The van der Waals surface area contributed by atoms with Gasteiger partial charge in [-0.15, -0.1) is 0 Å². The first-order chi connectivity index (χ1) is 8.61. The van der Waals surface area contributed by atoms with Gasteiger partial charge in [-0.05, 0) is 42.2 Å². The van der Waals surface area contributed by atoms with E-state index in [9.17, 15) is 0 Å². The molecule has 0 aliphatic carbocycles. The molecule has 1 aromatic heterocycles. The molecule has 1 unspecified atom stereocenters. The molecule has 2 aromatic rings. The Morgan fingerprint density at radius 3 is 2.56 bits per heavy atom. The number of hydrazine groups is 1. The van der Waals surface area contributed by atoms with Crippen LogP contribution in [0.3, 0.4) is 0 Å². The van der Waals surface area contributed by atoms with Gasteiger partial charge in [0.15, 0.2) is 0 Å². The van der Waals surface area contributed by atoms with E-state index in [-0.39, 0.29) is 6.04 Å². The number of hydrogen-bond acceptors (Lipinski definition) is 3. The molecule has 3 N–H and O–H groups in total. The topological polar surface area (TPSA) is 50.9 Å². The average Bonchev–Trinajstić information content (AvgIpc) is 2.33. The van der Waals surface area contributed by atoms with Crippen molar-refractivity contribution in [2.75, 3.05) is 0 Å². The molecule has 1 atom stereocenters. The predicted molar refractivity (Wildman–Crippen MR) is 77.0 cm³/mol.